The monoisotopic (exact) mass is 371 g/mol. The van der Waals surface area contributed by atoms with Gasteiger partial charge in [0.2, 0.25) is 0 Å². The van der Waals surface area contributed by atoms with Crippen LogP contribution in [0.4, 0.5) is 8.78 Å². The molecule has 5 nitrogen and oxygen atoms in total. The molecule has 0 amide bonds. The molecule has 0 unspecified atom stereocenters. The van der Waals surface area contributed by atoms with Gasteiger partial charge in [0.15, 0.2) is 5.75 Å². The quantitative estimate of drug-likeness (QED) is 0.699. The summed E-state index contributed by atoms with van der Waals surface area (Å²) in [6.45, 7) is 0. The van der Waals surface area contributed by atoms with Gasteiger partial charge in [-0.1, -0.05) is 6.42 Å². The van der Waals surface area contributed by atoms with E-state index in [-0.39, 0.29) is 28.7 Å². The molecule has 0 aliphatic heterocycles. The summed E-state index contributed by atoms with van der Waals surface area (Å²) >= 11 is 0. The fourth-order valence-corrected chi connectivity index (χ4v) is 3.63. The fraction of sp³-hybridized carbons (Fsp3) is 0.350. The van der Waals surface area contributed by atoms with E-state index >= 15 is 0 Å². The highest BCUT2D eigenvalue weighted by Gasteiger charge is 2.20. The fourth-order valence-electron chi connectivity index (χ4n) is 3.63. The van der Waals surface area contributed by atoms with Gasteiger partial charge in [0.25, 0.3) is 5.56 Å². The van der Waals surface area contributed by atoms with Gasteiger partial charge in [-0.25, -0.2) is 8.78 Å². The molecule has 2 heterocycles. The number of aryl methyl sites for hydroxylation is 1. The molecule has 2 aromatic heterocycles. The Morgan fingerprint density at radius 3 is 2.67 bits per heavy atom. The number of pyridine rings is 1. The lowest BCUT2D eigenvalue weighted by atomic mass is 9.98. The summed E-state index contributed by atoms with van der Waals surface area (Å²) in [4.78, 5) is 12.8. The minimum absolute atomic E-state index is 0.0349. The van der Waals surface area contributed by atoms with E-state index in [4.69, 9.17) is 4.74 Å². The molecule has 1 aromatic carbocycles. The van der Waals surface area contributed by atoms with Crippen molar-refractivity contribution >= 4 is 10.9 Å². The van der Waals surface area contributed by atoms with Crippen molar-refractivity contribution in [3.63, 3.8) is 0 Å². The molecule has 1 aliphatic carbocycles. The van der Waals surface area contributed by atoms with Crippen LogP contribution >= 0.6 is 0 Å². The van der Waals surface area contributed by atoms with Gasteiger partial charge in [-0.05, 0) is 43.9 Å². The van der Waals surface area contributed by atoms with Gasteiger partial charge in [-0.15, -0.1) is 5.10 Å². The van der Waals surface area contributed by atoms with Crippen molar-refractivity contribution < 1.29 is 13.5 Å². The molecule has 140 valence electrons. The van der Waals surface area contributed by atoms with E-state index in [2.05, 4.69) is 10.2 Å². The van der Waals surface area contributed by atoms with Gasteiger partial charge in [-0.3, -0.25) is 4.79 Å². The first-order valence-corrected chi connectivity index (χ1v) is 9.02. The average molecular weight is 371 g/mol. The summed E-state index contributed by atoms with van der Waals surface area (Å²) in [5.74, 6) is -1.18. The minimum atomic E-state index is -0.758. The highest BCUT2D eigenvalue weighted by atomic mass is 19.1. The smallest absolute Gasteiger partial charge is 0.293 e. The molecule has 27 heavy (non-hydrogen) atoms. The predicted molar refractivity (Wildman–Crippen MR) is 97.6 cm³/mol. The van der Waals surface area contributed by atoms with Gasteiger partial charge in [-0.2, -0.15) is 5.10 Å². The van der Waals surface area contributed by atoms with E-state index in [1.807, 2.05) is 0 Å². The lowest BCUT2D eigenvalue weighted by molar-refractivity contribution is 0.152. The Morgan fingerprint density at radius 2 is 1.93 bits per heavy atom. The first-order chi connectivity index (χ1) is 13.0. The Kier molecular flexibility index (Phi) is 4.59. The van der Waals surface area contributed by atoms with Crippen LogP contribution < -0.4 is 10.3 Å². The third kappa shape index (κ3) is 3.29. The molecule has 0 saturated heterocycles. The minimum Gasteiger partial charge on any atom is -0.485 e. The molecule has 4 rings (SSSR count). The number of fused-ring (bicyclic) bond motifs is 1. The van der Waals surface area contributed by atoms with Crippen molar-refractivity contribution in [2.24, 2.45) is 7.05 Å². The van der Waals surface area contributed by atoms with E-state index in [0.717, 1.165) is 37.8 Å². The molecule has 0 N–H and O–H groups in total. The maximum atomic E-state index is 14.3. The van der Waals surface area contributed by atoms with Crippen molar-refractivity contribution in [3.8, 4) is 17.0 Å². The number of aromatic nitrogens is 3. The Morgan fingerprint density at radius 1 is 1.15 bits per heavy atom. The number of hydrogen-bond donors (Lipinski definition) is 0. The van der Waals surface area contributed by atoms with E-state index in [1.54, 1.807) is 13.1 Å². The normalized spacial score (nSPS) is 15.2. The van der Waals surface area contributed by atoms with Crippen LogP contribution in [0.5, 0.6) is 5.75 Å². The van der Waals surface area contributed by atoms with Gasteiger partial charge < -0.3 is 9.30 Å². The lowest BCUT2D eigenvalue weighted by Gasteiger charge is -2.23. The highest BCUT2D eigenvalue weighted by Crippen LogP contribution is 2.29. The van der Waals surface area contributed by atoms with Crippen LogP contribution in [-0.2, 0) is 7.05 Å². The number of rotatable bonds is 3. The van der Waals surface area contributed by atoms with Crippen molar-refractivity contribution in [2.45, 2.75) is 38.2 Å². The van der Waals surface area contributed by atoms with E-state index in [1.165, 1.54) is 23.3 Å². The van der Waals surface area contributed by atoms with Crippen LogP contribution in [0.3, 0.4) is 0 Å². The molecule has 7 heteroatoms. The number of halogens is 2. The number of hydrogen-bond acceptors (Lipinski definition) is 4. The third-order valence-corrected chi connectivity index (χ3v) is 5.02. The topological polar surface area (TPSA) is 57.0 Å². The summed E-state index contributed by atoms with van der Waals surface area (Å²) in [6, 6.07) is 4.86. The van der Waals surface area contributed by atoms with Crippen LogP contribution in [0.15, 0.2) is 35.3 Å². The van der Waals surface area contributed by atoms with Crippen LogP contribution in [0, 0.1) is 11.6 Å². The van der Waals surface area contributed by atoms with Crippen LogP contribution in [0.25, 0.3) is 22.2 Å². The first-order valence-electron chi connectivity index (χ1n) is 9.02. The summed E-state index contributed by atoms with van der Waals surface area (Å²) in [6.07, 6.45) is 6.79. The number of nitrogens with zero attached hydrogens (tertiary/aromatic N) is 3. The van der Waals surface area contributed by atoms with Crippen LogP contribution in [0.1, 0.15) is 32.1 Å². The SMILES string of the molecule is Cn1c(=O)c(OC2CCCCC2)cc2cnnc(-c3ccc(F)cc3F)c21. The van der Waals surface area contributed by atoms with E-state index in [0.29, 0.717) is 10.9 Å². The Bertz CT molecular complexity index is 1060. The molecular weight excluding hydrogens is 352 g/mol. The van der Waals surface area contributed by atoms with Gasteiger partial charge in [0.1, 0.15) is 17.3 Å². The van der Waals surface area contributed by atoms with Gasteiger partial charge in [0.05, 0.1) is 17.8 Å². The second-order valence-corrected chi connectivity index (χ2v) is 6.87. The first kappa shape index (κ1) is 17.6. The third-order valence-electron chi connectivity index (χ3n) is 5.02. The Hall–Kier alpha value is -2.83. The van der Waals surface area contributed by atoms with Gasteiger partial charge >= 0.3 is 0 Å². The molecule has 3 aromatic rings. The van der Waals surface area contributed by atoms with Crippen LogP contribution in [0.2, 0.25) is 0 Å². The zero-order valence-electron chi connectivity index (χ0n) is 14.9. The largest absolute Gasteiger partial charge is 0.485 e. The predicted octanol–water partition coefficient (Wildman–Crippen LogP) is 3.99. The molecule has 0 spiro atoms. The molecule has 1 saturated carbocycles. The van der Waals surface area contributed by atoms with Crippen molar-refractivity contribution in [1.29, 1.82) is 0 Å². The molecular formula is C20H19F2N3O2. The van der Waals surface area contributed by atoms with Crippen molar-refractivity contribution in [1.82, 2.24) is 14.8 Å². The maximum Gasteiger partial charge on any atom is 0.293 e. The highest BCUT2D eigenvalue weighted by molar-refractivity contribution is 5.91. The van der Waals surface area contributed by atoms with Crippen LogP contribution in [-0.4, -0.2) is 20.9 Å². The number of ether oxygens (including phenoxy) is 1. The van der Waals surface area contributed by atoms with E-state index < -0.39 is 11.6 Å². The standard InChI is InChI=1S/C20H19F2N3O2/c1-25-19-12(9-17(20(25)26)27-14-5-3-2-4-6-14)11-23-24-18(19)15-8-7-13(21)10-16(15)22/h7-11,14H,2-6H2,1H3. The number of benzene rings is 1. The van der Waals surface area contributed by atoms with E-state index in [9.17, 15) is 13.6 Å². The van der Waals surface area contributed by atoms with Crippen molar-refractivity contribution in [3.05, 3.63) is 52.5 Å². The second kappa shape index (κ2) is 7.06. The molecule has 1 fully saturated rings. The maximum absolute atomic E-state index is 14.3. The summed E-state index contributed by atoms with van der Waals surface area (Å²) in [5, 5.41) is 8.54. The lowest BCUT2D eigenvalue weighted by Crippen LogP contribution is -2.26. The molecule has 0 radical (unpaired) electrons. The summed E-state index contributed by atoms with van der Waals surface area (Å²) in [7, 11) is 1.59. The Labute approximate surface area is 154 Å². The zero-order chi connectivity index (χ0) is 19.0. The molecule has 0 atom stereocenters. The van der Waals surface area contributed by atoms with Gasteiger partial charge in [0, 0.05) is 24.1 Å². The molecule has 0 bridgehead atoms. The summed E-state index contributed by atoms with van der Waals surface area (Å²) in [5.41, 5.74) is 0.389. The Balaban J connectivity index is 1.84. The molecule has 1 aliphatic rings. The second-order valence-electron chi connectivity index (χ2n) is 6.87. The average Bonchev–Trinajstić information content (AvgIpc) is 2.66. The summed E-state index contributed by atoms with van der Waals surface area (Å²) < 4.78 is 34.9. The zero-order valence-corrected chi connectivity index (χ0v) is 14.9. The van der Waals surface area contributed by atoms with Crippen molar-refractivity contribution in [2.75, 3.05) is 0 Å².